The van der Waals surface area contributed by atoms with Gasteiger partial charge >= 0.3 is 5.97 Å². The number of aliphatic hydroxyl groups is 1. The molecule has 0 aromatic heterocycles. The molecule has 0 heterocycles. The number of nitrogens with zero attached hydrogens (tertiary/aromatic N) is 1. The molecule has 0 bridgehead atoms. The number of esters is 1. The van der Waals surface area contributed by atoms with E-state index in [1.54, 1.807) is 0 Å². The smallest absolute Gasteiger partial charge is 0.308 e. The quantitative estimate of drug-likeness (QED) is 0.332. The first kappa shape index (κ1) is 19.9. The van der Waals surface area contributed by atoms with Gasteiger partial charge in [0.15, 0.2) is 6.10 Å². The lowest BCUT2D eigenvalue weighted by atomic mass is 10.1. The maximum atomic E-state index is 11.8. The number of ether oxygens (including phenoxy) is 1. The Balaban J connectivity index is 4.29. The van der Waals surface area contributed by atoms with Gasteiger partial charge in [-0.1, -0.05) is 26.2 Å². The Labute approximate surface area is 127 Å². The molecule has 0 aliphatic carbocycles. The summed E-state index contributed by atoms with van der Waals surface area (Å²) < 4.78 is 5.66. The maximum absolute atomic E-state index is 11.8. The van der Waals surface area contributed by atoms with Crippen molar-refractivity contribution in [3.05, 3.63) is 0 Å². The minimum Gasteiger partial charge on any atom is -0.550 e. The molecule has 0 aromatic carbocycles. The molecule has 21 heavy (non-hydrogen) atoms. The second kappa shape index (κ2) is 9.73. The molecule has 0 rings (SSSR count). The third kappa shape index (κ3) is 12.3. The van der Waals surface area contributed by atoms with Crippen LogP contribution >= 0.6 is 0 Å². The van der Waals surface area contributed by atoms with Crippen molar-refractivity contribution in [2.24, 2.45) is 0 Å². The Kier molecular flexibility index (Phi) is 9.21. The van der Waals surface area contributed by atoms with Crippen LogP contribution in [-0.4, -0.2) is 61.4 Å². The number of aliphatic hydroxyl groups excluding tert-OH is 1. The molecule has 0 fully saturated rings. The molecule has 0 aliphatic heterocycles. The van der Waals surface area contributed by atoms with Crippen molar-refractivity contribution < 1.29 is 29.0 Å². The number of carboxylic acids is 1. The molecule has 0 saturated carbocycles. The minimum absolute atomic E-state index is 0.0929. The van der Waals surface area contributed by atoms with Gasteiger partial charge in [-0.25, -0.2) is 0 Å². The Bertz CT molecular complexity index is 325. The largest absolute Gasteiger partial charge is 0.550 e. The Morgan fingerprint density at radius 1 is 1.19 bits per heavy atom. The van der Waals surface area contributed by atoms with Crippen LogP contribution in [-0.2, 0) is 14.3 Å². The highest BCUT2D eigenvalue weighted by atomic mass is 16.5. The lowest BCUT2D eigenvalue weighted by Gasteiger charge is -2.29. The van der Waals surface area contributed by atoms with Crippen LogP contribution in [0.4, 0.5) is 0 Å². The van der Waals surface area contributed by atoms with E-state index in [4.69, 9.17) is 4.74 Å². The third-order valence-electron chi connectivity index (χ3n) is 2.99. The van der Waals surface area contributed by atoms with E-state index in [0.29, 0.717) is 17.4 Å². The molecule has 0 radical (unpaired) electrons. The lowest BCUT2D eigenvalue weighted by Crippen LogP contribution is -2.45. The first-order chi connectivity index (χ1) is 9.64. The average molecular weight is 303 g/mol. The summed E-state index contributed by atoms with van der Waals surface area (Å²) in [6, 6.07) is 0. The van der Waals surface area contributed by atoms with Gasteiger partial charge in [-0.15, -0.1) is 0 Å². The van der Waals surface area contributed by atoms with Crippen molar-refractivity contribution in [2.75, 3.05) is 27.7 Å². The van der Waals surface area contributed by atoms with Gasteiger partial charge in [0, 0.05) is 12.4 Å². The zero-order chi connectivity index (χ0) is 16.5. The zero-order valence-corrected chi connectivity index (χ0v) is 13.6. The molecule has 124 valence electrons. The van der Waals surface area contributed by atoms with E-state index in [9.17, 15) is 19.8 Å². The molecule has 0 aromatic rings. The summed E-state index contributed by atoms with van der Waals surface area (Å²) in [7, 11) is 5.65. The fourth-order valence-corrected chi connectivity index (χ4v) is 2.10. The molecular weight excluding hydrogens is 274 g/mol. The second-order valence-electron chi connectivity index (χ2n) is 6.51. The second-order valence-corrected chi connectivity index (χ2v) is 6.51. The fourth-order valence-electron chi connectivity index (χ4n) is 2.10. The molecule has 0 amide bonds. The Hall–Kier alpha value is -1.14. The van der Waals surface area contributed by atoms with Crippen LogP contribution in [0.25, 0.3) is 0 Å². The number of quaternary nitrogens is 1. The van der Waals surface area contributed by atoms with Crippen LogP contribution in [0, 0.1) is 0 Å². The van der Waals surface area contributed by atoms with Crippen LogP contribution in [0.2, 0.25) is 0 Å². The summed E-state index contributed by atoms with van der Waals surface area (Å²) in [5.41, 5.74) is 0. The highest BCUT2D eigenvalue weighted by Gasteiger charge is 2.23. The van der Waals surface area contributed by atoms with Gasteiger partial charge in [0.1, 0.15) is 6.54 Å². The minimum atomic E-state index is -1.25. The molecule has 1 unspecified atom stereocenters. The highest BCUT2D eigenvalue weighted by Crippen LogP contribution is 2.10. The number of carboxylic acid groups (broad SMARTS) is 1. The third-order valence-corrected chi connectivity index (χ3v) is 2.99. The van der Waals surface area contributed by atoms with Crippen LogP contribution in [0.3, 0.4) is 0 Å². The van der Waals surface area contributed by atoms with Crippen molar-refractivity contribution in [1.82, 2.24) is 0 Å². The molecule has 0 saturated heterocycles. The molecule has 2 atom stereocenters. The van der Waals surface area contributed by atoms with Crippen molar-refractivity contribution in [2.45, 2.75) is 57.7 Å². The van der Waals surface area contributed by atoms with Crippen molar-refractivity contribution in [3.8, 4) is 0 Å². The summed E-state index contributed by atoms with van der Waals surface area (Å²) in [5, 5.41) is 20.5. The molecule has 1 N–H and O–H groups in total. The summed E-state index contributed by atoms with van der Waals surface area (Å²) in [4.78, 5) is 22.5. The van der Waals surface area contributed by atoms with Crippen molar-refractivity contribution >= 4 is 11.9 Å². The number of carbonyl (C=O) groups is 2. The standard InChI is InChI=1S/C15H29NO5/c1-5-6-7-8-12(17)9-15(20)21-13(10-14(18)19)11-16(2,3)4/h12-13,17H,5-11H2,1-4H3/t12?,13-/m1/s1. The van der Waals surface area contributed by atoms with Gasteiger partial charge in [-0.2, -0.15) is 0 Å². The van der Waals surface area contributed by atoms with Gasteiger partial charge in [0.2, 0.25) is 0 Å². The van der Waals surface area contributed by atoms with Crippen LogP contribution in [0.5, 0.6) is 0 Å². The number of likely N-dealkylation sites (N-methyl/N-ethyl adjacent to an activating group) is 1. The van der Waals surface area contributed by atoms with Gasteiger partial charge in [-0.3, -0.25) is 4.79 Å². The predicted octanol–water partition coefficient (Wildman–Crippen LogP) is 0.0757. The molecule has 6 heteroatoms. The van der Waals surface area contributed by atoms with Crippen LogP contribution in [0.15, 0.2) is 0 Å². The molecule has 0 aliphatic rings. The summed E-state index contributed by atoms with van der Waals surface area (Å²) >= 11 is 0. The van der Waals surface area contributed by atoms with E-state index in [0.717, 1.165) is 19.3 Å². The van der Waals surface area contributed by atoms with E-state index in [2.05, 4.69) is 6.92 Å². The highest BCUT2D eigenvalue weighted by molar-refractivity contribution is 5.71. The van der Waals surface area contributed by atoms with Gasteiger partial charge in [0.25, 0.3) is 0 Å². The van der Waals surface area contributed by atoms with Crippen molar-refractivity contribution in [1.29, 1.82) is 0 Å². The van der Waals surface area contributed by atoms with Gasteiger partial charge in [-0.05, 0) is 6.42 Å². The predicted molar refractivity (Wildman–Crippen MR) is 77.2 cm³/mol. The number of carbonyl (C=O) groups excluding carboxylic acids is 2. The summed E-state index contributed by atoms with van der Waals surface area (Å²) in [6.45, 7) is 2.45. The number of hydrogen-bond acceptors (Lipinski definition) is 5. The Morgan fingerprint density at radius 3 is 2.29 bits per heavy atom. The summed E-state index contributed by atoms with van der Waals surface area (Å²) in [6.07, 6.45) is 1.62. The van der Waals surface area contributed by atoms with Crippen molar-refractivity contribution in [3.63, 3.8) is 0 Å². The zero-order valence-electron chi connectivity index (χ0n) is 13.6. The first-order valence-electron chi connectivity index (χ1n) is 7.52. The molecular formula is C15H29NO5. The molecule has 6 nitrogen and oxygen atoms in total. The average Bonchev–Trinajstić information content (AvgIpc) is 2.25. The maximum Gasteiger partial charge on any atom is 0.308 e. The topological polar surface area (TPSA) is 86.7 Å². The van der Waals surface area contributed by atoms with E-state index in [1.165, 1.54) is 0 Å². The first-order valence-corrected chi connectivity index (χ1v) is 7.52. The molecule has 0 spiro atoms. The van der Waals surface area contributed by atoms with E-state index >= 15 is 0 Å². The van der Waals surface area contributed by atoms with E-state index in [-0.39, 0.29) is 12.8 Å². The lowest BCUT2D eigenvalue weighted by molar-refractivity contribution is -0.873. The monoisotopic (exact) mass is 303 g/mol. The van der Waals surface area contributed by atoms with Gasteiger partial charge < -0.3 is 24.2 Å². The van der Waals surface area contributed by atoms with E-state index in [1.807, 2.05) is 21.1 Å². The number of rotatable bonds is 11. The normalized spacial score (nSPS) is 14.5. The Morgan fingerprint density at radius 2 is 1.81 bits per heavy atom. The van der Waals surface area contributed by atoms with Crippen LogP contribution in [0.1, 0.15) is 45.4 Å². The van der Waals surface area contributed by atoms with Gasteiger partial charge in [0.05, 0.1) is 33.7 Å². The fraction of sp³-hybridized carbons (Fsp3) is 0.867. The summed E-state index contributed by atoms with van der Waals surface area (Å²) in [5.74, 6) is -1.80. The number of aliphatic carboxylic acids is 1. The van der Waals surface area contributed by atoms with Crippen LogP contribution < -0.4 is 5.11 Å². The SMILES string of the molecule is CCCCCC(O)CC(=O)O[C@H](CC(=O)[O-])C[N+](C)(C)C. The number of hydrogen-bond donors (Lipinski definition) is 1. The van der Waals surface area contributed by atoms with E-state index < -0.39 is 24.1 Å². The number of unbranched alkanes of at least 4 members (excludes halogenated alkanes) is 2.